The lowest BCUT2D eigenvalue weighted by molar-refractivity contribution is 0.0889. The number of aryl methyl sites for hydroxylation is 1. The van der Waals surface area contributed by atoms with Gasteiger partial charge in [-0.15, -0.1) is 0 Å². The maximum Gasteiger partial charge on any atom is 0.253 e. The summed E-state index contributed by atoms with van der Waals surface area (Å²) in [6.45, 7) is 3.75. The van der Waals surface area contributed by atoms with Crippen LogP contribution in [0.4, 0.5) is 0 Å². The Kier molecular flexibility index (Phi) is 5.21. The number of likely N-dealkylation sites (tertiary alicyclic amines) is 1. The lowest BCUT2D eigenvalue weighted by atomic mass is 9.87. The van der Waals surface area contributed by atoms with Crippen molar-refractivity contribution in [3.63, 3.8) is 0 Å². The van der Waals surface area contributed by atoms with Crippen molar-refractivity contribution in [2.75, 3.05) is 20.1 Å². The van der Waals surface area contributed by atoms with Crippen molar-refractivity contribution in [3.8, 4) is 0 Å². The van der Waals surface area contributed by atoms with Gasteiger partial charge in [0.25, 0.3) is 5.91 Å². The number of benzene rings is 1. The first-order chi connectivity index (χ1) is 9.85. The molecule has 1 aromatic carbocycles. The Morgan fingerprint density at radius 1 is 1.43 bits per heavy atom. The molecule has 0 aromatic heterocycles. The first kappa shape index (κ1) is 16.6. The summed E-state index contributed by atoms with van der Waals surface area (Å²) in [7, 11) is 2.06. The molecule has 6 heteroatoms. The number of hydrogen-bond acceptors (Lipinski definition) is 3. The normalized spacial score (nSPS) is 18.2. The number of piperidine rings is 1. The van der Waals surface area contributed by atoms with Gasteiger partial charge >= 0.3 is 0 Å². The molecule has 3 N–H and O–H groups in total. The Balaban J connectivity index is 2.23. The van der Waals surface area contributed by atoms with Gasteiger partial charge in [0.15, 0.2) is 0 Å². The highest BCUT2D eigenvalue weighted by atomic mass is 127. The quantitative estimate of drug-likeness (QED) is 0.584. The molecule has 1 fully saturated rings. The summed E-state index contributed by atoms with van der Waals surface area (Å²) in [5, 5.41) is 3.10. The first-order valence-electron chi connectivity index (χ1n) is 6.92. The van der Waals surface area contributed by atoms with Crippen LogP contribution in [-0.2, 0) is 0 Å². The van der Waals surface area contributed by atoms with Crippen LogP contribution in [0.25, 0.3) is 0 Å². The molecule has 1 saturated heterocycles. The molecular formula is C15H20IN3OS. The standard InChI is InChI=1S/C15H20IN3OS/c1-10-4-3-5-11(12(10)16)13(20)18-15(14(17)21)6-8-19(2)9-7-15/h3-5H,6-9H2,1-2H3,(H2,17,21)(H,18,20). The molecule has 1 heterocycles. The molecule has 4 nitrogen and oxygen atoms in total. The van der Waals surface area contributed by atoms with Gasteiger partial charge in [-0.25, -0.2) is 0 Å². The Morgan fingerprint density at radius 2 is 2.05 bits per heavy atom. The lowest BCUT2D eigenvalue weighted by Crippen LogP contribution is -2.61. The first-order valence-corrected chi connectivity index (χ1v) is 8.40. The summed E-state index contributed by atoms with van der Waals surface area (Å²) in [5.74, 6) is -0.0968. The van der Waals surface area contributed by atoms with Crippen molar-refractivity contribution in [2.24, 2.45) is 5.73 Å². The van der Waals surface area contributed by atoms with Crippen LogP contribution in [0.15, 0.2) is 18.2 Å². The lowest BCUT2D eigenvalue weighted by Gasteiger charge is -2.40. The summed E-state index contributed by atoms with van der Waals surface area (Å²) in [6.07, 6.45) is 1.51. The van der Waals surface area contributed by atoms with Gasteiger partial charge in [0.2, 0.25) is 0 Å². The monoisotopic (exact) mass is 417 g/mol. The number of hydrogen-bond donors (Lipinski definition) is 2. The predicted octanol–water partition coefficient (Wildman–Crippen LogP) is 2.08. The number of nitrogens with zero attached hydrogens (tertiary/aromatic N) is 1. The van der Waals surface area contributed by atoms with Crippen molar-refractivity contribution < 1.29 is 4.79 Å². The van der Waals surface area contributed by atoms with Gasteiger partial charge in [-0.2, -0.15) is 0 Å². The van der Waals surface area contributed by atoms with Gasteiger partial charge in [0.05, 0.1) is 16.1 Å². The molecule has 1 amide bonds. The molecule has 0 unspecified atom stereocenters. The highest BCUT2D eigenvalue weighted by Crippen LogP contribution is 2.24. The van der Waals surface area contributed by atoms with E-state index in [-0.39, 0.29) is 5.91 Å². The van der Waals surface area contributed by atoms with E-state index in [2.05, 4.69) is 39.9 Å². The van der Waals surface area contributed by atoms with E-state index in [1.54, 1.807) is 0 Å². The second kappa shape index (κ2) is 6.58. The van der Waals surface area contributed by atoms with Gasteiger partial charge in [-0.05, 0) is 61.0 Å². The van der Waals surface area contributed by atoms with E-state index < -0.39 is 5.54 Å². The zero-order chi connectivity index (χ0) is 15.6. The Bertz CT molecular complexity index is 568. The van der Waals surface area contributed by atoms with E-state index in [0.717, 1.165) is 35.1 Å². The van der Waals surface area contributed by atoms with Crippen LogP contribution in [-0.4, -0.2) is 41.5 Å². The van der Waals surface area contributed by atoms with Crippen molar-refractivity contribution in [3.05, 3.63) is 32.9 Å². The fourth-order valence-corrected chi connectivity index (χ4v) is 3.40. The summed E-state index contributed by atoms with van der Waals surface area (Å²) in [4.78, 5) is 15.2. The number of halogens is 1. The molecule has 1 aliphatic rings. The third-order valence-electron chi connectivity index (χ3n) is 4.10. The predicted molar refractivity (Wildman–Crippen MR) is 97.6 cm³/mol. The van der Waals surface area contributed by atoms with Gasteiger partial charge in [-0.3, -0.25) is 4.79 Å². The molecule has 0 bridgehead atoms. The maximum atomic E-state index is 12.6. The number of carbonyl (C=O) groups excluding carboxylic acids is 1. The van der Waals surface area contributed by atoms with E-state index in [1.165, 1.54) is 0 Å². The molecule has 2 rings (SSSR count). The number of carbonyl (C=O) groups is 1. The SMILES string of the molecule is Cc1cccc(C(=O)NC2(C(N)=S)CCN(C)CC2)c1I. The second-order valence-corrected chi connectivity index (χ2v) is 7.16. The molecule has 0 aliphatic carbocycles. The van der Waals surface area contributed by atoms with E-state index in [9.17, 15) is 4.79 Å². The van der Waals surface area contributed by atoms with Crippen LogP contribution in [0.5, 0.6) is 0 Å². The number of thiocarbonyl (C=S) groups is 1. The van der Waals surface area contributed by atoms with Gasteiger partial charge in [0.1, 0.15) is 0 Å². The number of nitrogens with two attached hydrogens (primary N) is 1. The van der Waals surface area contributed by atoms with Crippen LogP contribution in [0.1, 0.15) is 28.8 Å². The van der Waals surface area contributed by atoms with Crippen LogP contribution in [0.3, 0.4) is 0 Å². The minimum atomic E-state index is -0.564. The molecule has 0 atom stereocenters. The molecule has 0 spiro atoms. The zero-order valence-corrected chi connectivity index (χ0v) is 15.3. The fraction of sp³-hybridized carbons (Fsp3) is 0.467. The third-order valence-corrected chi connectivity index (χ3v) is 5.92. The number of amides is 1. The molecule has 1 aromatic rings. The Hall–Kier alpha value is -0.730. The van der Waals surface area contributed by atoms with E-state index >= 15 is 0 Å². The van der Waals surface area contributed by atoms with Gasteiger partial charge in [-0.1, -0.05) is 24.4 Å². The van der Waals surface area contributed by atoms with Crippen molar-refractivity contribution in [1.82, 2.24) is 10.2 Å². The number of nitrogens with one attached hydrogen (secondary N) is 1. The minimum absolute atomic E-state index is 0.0968. The fourth-order valence-electron chi connectivity index (χ4n) is 2.54. The second-order valence-electron chi connectivity index (χ2n) is 5.64. The smallest absolute Gasteiger partial charge is 0.253 e. The molecule has 1 aliphatic heterocycles. The van der Waals surface area contributed by atoms with Crippen molar-refractivity contribution >= 4 is 45.7 Å². The average molecular weight is 417 g/mol. The minimum Gasteiger partial charge on any atom is -0.391 e. The Labute approximate surface area is 144 Å². The average Bonchev–Trinajstić information content (AvgIpc) is 2.44. The molecule has 114 valence electrons. The van der Waals surface area contributed by atoms with Gasteiger partial charge < -0.3 is 16.0 Å². The van der Waals surface area contributed by atoms with Crippen LogP contribution < -0.4 is 11.1 Å². The van der Waals surface area contributed by atoms with Gasteiger partial charge in [0, 0.05) is 16.7 Å². The highest BCUT2D eigenvalue weighted by Gasteiger charge is 2.38. The summed E-state index contributed by atoms with van der Waals surface area (Å²) in [5.41, 5.74) is 7.15. The largest absolute Gasteiger partial charge is 0.391 e. The van der Waals surface area contributed by atoms with E-state index in [4.69, 9.17) is 18.0 Å². The highest BCUT2D eigenvalue weighted by molar-refractivity contribution is 14.1. The summed E-state index contributed by atoms with van der Waals surface area (Å²) in [6, 6.07) is 5.73. The molecule has 0 radical (unpaired) electrons. The molecule has 0 saturated carbocycles. The molecular weight excluding hydrogens is 397 g/mol. The van der Waals surface area contributed by atoms with Crippen LogP contribution >= 0.6 is 34.8 Å². The summed E-state index contributed by atoms with van der Waals surface area (Å²) < 4.78 is 0.971. The number of rotatable bonds is 3. The molecule has 21 heavy (non-hydrogen) atoms. The van der Waals surface area contributed by atoms with Crippen molar-refractivity contribution in [2.45, 2.75) is 25.3 Å². The van der Waals surface area contributed by atoms with Crippen molar-refractivity contribution in [1.29, 1.82) is 0 Å². The third kappa shape index (κ3) is 3.54. The maximum absolute atomic E-state index is 12.6. The van der Waals surface area contributed by atoms with Crippen LogP contribution in [0.2, 0.25) is 0 Å². The van der Waals surface area contributed by atoms with E-state index in [1.807, 2.05) is 25.1 Å². The topological polar surface area (TPSA) is 58.4 Å². The zero-order valence-electron chi connectivity index (χ0n) is 12.3. The van der Waals surface area contributed by atoms with E-state index in [0.29, 0.717) is 10.6 Å². The summed E-state index contributed by atoms with van der Waals surface area (Å²) >= 11 is 7.44. The Morgan fingerprint density at radius 3 is 2.62 bits per heavy atom. The van der Waals surface area contributed by atoms with Crippen LogP contribution in [0, 0.1) is 10.5 Å².